The first-order valence-corrected chi connectivity index (χ1v) is 10.1. The summed E-state index contributed by atoms with van der Waals surface area (Å²) in [5, 5.41) is 11.5. The largest absolute Gasteiger partial charge is 0.496 e. The highest BCUT2D eigenvalue weighted by Gasteiger charge is 2.21. The van der Waals surface area contributed by atoms with Crippen molar-refractivity contribution in [2.75, 3.05) is 12.4 Å². The van der Waals surface area contributed by atoms with Gasteiger partial charge < -0.3 is 14.6 Å². The van der Waals surface area contributed by atoms with Crippen LogP contribution in [0.15, 0.2) is 47.6 Å². The molecule has 0 aliphatic heterocycles. The van der Waals surface area contributed by atoms with Crippen LogP contribution in [-0.4, -0.2) is 33.0 Å². The van der Waals surface area contributed by atoms with Gasteiger partial charge in [-0.15, -0.1) is 10.2 Å². The van der Waals surface area contributed by atoms with E-state index in [1.165, 1.54) is 17.8 Å². The first kappa shape index (κ1) is 20.9. The monoisotopic (exact) mass is 414 g/mol. The second kappa shape index (κ2) is 9.09. The first-order chi connectivity index (χ1) is 13.9. The molecule has 3 rings (SSSR count). The van der Waals surface area contributed by atoms with E-state index in [0.29, 0.717) is 34.5 Å². The first-order valence-electron chi connectivity index (χ1n) is 9.24. The zero-order chi connectivity index (χ0) is 21.0. The SMILES string of the molecule is CCn1c(SC(C)C(=O)Nc2ccc(C)c(F)c2)nnc1-c1ccccc1OC. The maximum absolute atomic E-state index is 13.7. The lowest BCUT2D eigenvalue weighted by Gasteiger charge is -2.14. The summed E-state index contributed by atoms with van der Waals surface area (Å²) >= 11 is 1.30. The molecule has 1 aromatic heterocycles. The van der Waals surface area contributed by atoms with Gasteiger partial charge in [0.15, 0.2) is 11.0 Å². The number of amides is 1. The predicted octanol–water partition coefficient (Wildman–Crippen LogP) is 4.54. The van der Waals surface area contributed by atoms with Crippen LogP contribution in [0.5, 0.6) is 5.75 Å². The van der Waals surface area contributed by atoms with E-state index < -0.39 is 5.25 Å². The van der Waals surface area contributed by atoms with Crippen LogP contribution in [0.2, 0.25) is 0 Å². The smallest absolute Gasteiger partial charge is 0.237 e. The van der Waals surface area contributed by atoms with Gasteiger partial charge in [0.05, 0.1) is 17.9 Å². The minimum Gasteiger partial charge on any atom is -0.496 e. The molecule has 8 heteroatoms. The van der Waals surface area contributed by atoms with Gasteiger partial charge >= 0.3 is 0 Å². The Morgan fingerprint density at radius 1 is 1.28 bits per heavy atom. The number of rotatable bonds is 7. The number of thioether (sulfide) groups is 1. The predicted molar refractivity (Wildman–Crippen MR) is 113 cm³/mol. The molecule has 1 unspecified atom stereocenters. The molecule has 0 saturated heterocycles. The fourth-order valence-corrected chi connectivity index (χ4v) is 3.73. The van der Waals surface area contributed by atoms with Gasteiger partial charge in [-0.05, 0) is 50.6 Å². The molecule has 0 bridgehead atoms. The Labute approximate surface area is 173 Å². The summed E-state index contributed by atoms with van der Waals surface area (Å²) in [5.41, 5.74) is 1.80. The van der Waals surface area contributed by atoms with Gasteiger partial charge in [-0.25, -0.2) is 4.39 Å². The van der Waals surface area contributed by atoms with E-state index in [9.17, 15) is 9.18 Å². The van der Waals surface area contributed by atoms with E-state index >= 15 is 0 Å². The molecule has 0 radical (unpaired) electrons. The number of halogens is 1. The maximum Gasteiger partial charge on any atom is 0.237 e. The summed E-state index contributed by atoms with van der Waals surface area (Å²) in [7, 11) is 1.61. The summed E-state index contributed by atoms with van der Waals surface area (Å²) in [6.45, 7) is 6.09. The van der Waals surface area contributed by atoms with Crippen LogP contribution in [-0.2, 0) is 11.3 Å². The number of para-hydroxylation sites is 1. The second-order valence-corrected chi connectivity index (χ2v) is 7.77. The third kappa shape index (κ3) is 4.59. The Kier molecular flexibility index (Phi) is 6.53. The number of ether oxygens (including phenoxy) is 1. The number of nitrogens with zero attached hydrogens (tertiary/aromatic N) is 3. The summed E-state index contributed by atoms with van der Waals surface area (Å²) in [6.07, 6.45) is 0. The summed E-state index contributed by atoms with van der Waals surface area (Å²) < 4.78 is 21.1. The van der Waals surface area contributed by atoms with Crippen molar-refractivity contribution in [3.05, 3.63) is 53.8 Å². The Bertz CT molecular complexity index is 1020. The van der Waals surface area contributed by atoms with Crippen LogP contribution in [0, 0.1) is 12.7 Å². The van der Waals surface area contributed by atoms with E-state index in [4.69, 9.17) is 4.74 Å². The van der Waals surface area contributed by atoms with Crippen LogP contribution in [0.3, 0.4) is 0 Å². The fourth-order valence-electron chi connectivity index (χ4n) is 2.82. The summed E-state index contributed by atoms with van der Waals surface area (Å²) in [4.78, 5) is 12.6. The lowest BCUT2D eigenvalue weighted by molar-refractivity contribution is -0.115. The van der Waals surface area contributed by atoms with Gasteiger partial charge in [0.1, 0.15) is 11.6 Å². The average molecular weight is 415 g/mol. The number of nitrogens with one attached hydrogen (secondary N) is 1. The quantitative estimate of drug-likeness (QED) is 0.575. The normalized spacial score (nSPS) is 11.9. The van der Waals surface area contributed by atoms with Gasteiger partial charge in [0, 0.05) is 12.2 Å². The van der Waals surface area contributed by atoms with E-state index in [2.05, 4.69) is 15.5 Å². The molecule has 0 saturated carbocycles. The molecule has 1 atom stereocenters. The van der Waals surface area contributed by atoms with Crippen molar-refractivity contribution in [1.29, 1.82) is 0 Å². The van der Waals surface area contributed by atoms with E-state index in [1.807, 2.05) is 35.8 Å². The molecule has 6 nitrogen and oxygen atoms in total. The van der Waals surface area contributed by atoms with Crippen LogP contribution >= 0.6 is 11.8 Å². The third-order valence-corrected chi connectivity index (χ3v) is 5.55. The Balaban J connectivity index is 1.78. The van der Waals surface area contributed by atoms with Crippen molar-refractivity contribution < 1.29 is 13.9 Å². The van der Waals surface area contributed by atoms with Crippen molar-refractivity contribution in [1.82, 2.24) is 14.8 Å². The van der Waals surface area contributed by atoms with Gasteiger partial charge in [0.2, 0.25) is 5.91 Å². The molecule has 1 N–H and O–H groups in total. The highest BCUT2D eigenvalue weighted by Crippen LogP contribution is 2.32. The number of aryl methyl sites for hydroxylation is 1. The fraction of sp³-hybridized carbons (Fsp3) is 0.286. The molecule has 3 aromatic rings. The molecule has 29 heavy (non-hydrogen) atoms. The summed E-state index contributed by atoms with van der Waals surface area (Å²) in [5.74, 6) is 0.803. The number of carbonyl (C=O) groups is 1. The van der Waals surface area contributed by atoms with Gasteiger partial charge in [-0.3, -0.25) is 4.79 Å². The van der Waals surface area contributed by atoms with Crippen molar-refractivity contribution in [3.8, 4) is 17.1 Å². The minimum atomic E-state index is -0.445. The zero-order valence-corrected chi connectivity index (χ0v) is 17.6. The van der Waals surface area contributed by atoms with Gasteiger partial charge in [-0.1, -0.05) is 30.0 Å². The van der Waals surface area contributed by atoms with Crippen LogP contribution in [0.1, 0.15) is 19.4 Å². The highest BCUT2D eigenvalue weighted by molar-refractivity contribution is 8.00. The molecular formula is C21H23FN4O2S. The molecule has 0 aliphatic rings. The topological polar surface area (TPSA) is 69.0 Å². The van der Waals surface area contributed by atoms with Crippen LogP contribution in [0.4, 0.5) is 10.1 Å². The number of benzene rings is 2. The van der Waals surface area contributed by atoms with Crippen molar-refractivity contribution >= 4 is 23.4 Å². The molecule has 0 fully saturated rings. The zero-order valence-electron chi connectivity index (χ0n) is 16.8. The minimum absolute atomic E-state index is 0.234. The number of methoxy groups -OCH3 is 1. The van der Waals surface area contributed by atoms with E-state index in [0.717, 1.165) is 5.56 Å². The molecule has 2 aromatic carbocycles. The summed E-state index contributed by atoms with van der Waals surface area (Å²) in [6, 6.07) is 12.2. The second-order valence-electron chi connectivity index (χ2n) is 6.46. The number of aromatic nitrogens is 3. The lowest BCUT2D eigenvalue weighted by Crippen LogP contribution is -2.23. The van der Waals surface area contributed by atoms with Crippen LogP contribution in [0.25, 0.3) is 11.4 Å². The van der Waals surface area contributed by atoms with Gasteiger partial charge in [-0.2, -0.15) is 0 Å². The van der Waals surface area contributed by atoms with Crippen molar-refractivity contribution in [2.45, 2.75) is 37.7 Å². The lowest BCUT2D eigenvalue weighted by atomic mass is 10.2. The average Bonchev–Trinajstić information content (AvgIpc) is 3.12. The Morgan fingerprint density at radius 3 is 2.72 bits per heavy atom. The van der Waals surface area contributed by atoms with Gasteiger partial charge in [0.25, 0.3) is 0 Å². The highest BCUT2D eigenvalue weighted by atomic mass is 32.2. The van der Waals surface area contributed by atoms with Crippen LogP contribution < -0.4 is 10.1 Å². The maximum atomic E-state index is 13.7. The Hall–Kier alpha value is -2.87. The number of hydrogen-bond acceptors (Lipinski definition) is 5. The standard InChI is InChI=1S/C21H23FN4O2S/c1-5-26-19(16-8-6-7-9-18(16)28-4)24-25-21(26)29-14(3)20(27)23-15-11-10-13(2)17(22)12-15/h6-12,14H,5H2,1-4H3,(H,23,27). The molecule has 1 heterocycles. The van der Waals surface area contributed by atoms with Crippen molar-refractivity contribution in [2.24, 2.45) is 0 Å². The number of carbonyl (C=O) groups excluding carboxylic acids is 1. The molecule has 0 aliphatic carbocycles. The Morgan fingerprint density at radius 2 is 2.03 bits per heavy atom. The third-order valence-electron chi connectivity index (χ3n) is 4.47. The molecule has 0 spiro atoms. The molecule has 152 valence electrons. The molecule has 1 amide bonds. The number of anilines is 1. The molecular weight excluding hydrogens is 391 g/mol. The van der Waals surface area contributed by atoms with E-state index in [1.54, 1.807) is 33.1 Å². The number of hydrogen-bond donors (Lipinski definition) is 1. The van der Waals surface area contributed by atoms with Crippen molar-refractivity contribution in [3.63, 3.8) is 0 Å². The van der Waals surface area contributed by atoms with E-state index in [-0.39, 0.29) is 11.7 Å².